The summed E-state index contributed by atoms with van der Waals surface area (Å²) >= 11 is 8.74. The fourth-order valence-corrected chi connectivity index (χ4v) is 2.04. The zero-order chi connectivity index (χ0) is 10.2. The summed E-state index contributed by atoms with van der Waals surface area (Å²) in [5.41, 5.74) is -1.06. The molecule has 0 atom stereocenters. The van der Waals surface area contributed by atoms with E-state index in [1.807, 2.05) is 0 Å². The average Bonchev–Trinajstić information content (AvgIpc) is 1.95. The number of benzene rings is 1. The van der Waals surface area contributed by atoms with Gasteiger partial charge in [0.15, 0.2) is 0 Å². The second-order valence-corrected chi connectivity index (χ2v) is 4.54. The minimum absolute atomic E-state index is 0.0142. The Bertz CT molecular complexity index is 333. The van der Waals surface area contributed by atoms with E-state index in [0.29, 0.717) is 4.47 Å². The van der Waals surface area contributed by atoms with Crippen LogP contribution in [0.15, 0.2) is 16.6 Å². The van der Waals surface area contributed by atoms with Gasteiger partial charge in [-0.05, 0) is 26.0 Å². The average molecular weight is 268 g/mol. The molecule has 0 saturated carbocycles. The summed E-state index contributed by atoms with van der Waals surface area (Å²) in [7, 11) is 0. The summed E-state index contributed by atoms with van der Waals surface area (Å²) in [6.07, 6.45) is 0. The number of halogens is 3. The van der Waals surface area contributed by atoms with E-state index < -0.39 is 11.4 Å². The van der Waals surface area contributed by atoms with Crippen molar-refractivity contribution in [3.63, 3.8) is 0 Å². The van der Waals surface area contributed by atoms with E-state index in [0.717, 1.165) is 0 Å². The third-order valence-electron chi connectivity index (χ3n) is 1.66. The molecule has 72 valence electrons. The van der Waals surface area contributed by atoms with Crippen molar-refractivity contribution in [3.05, 3.63) is 33.0 Å². The van der Waals surface area contributed by atoms with Gasteiger partial charge in [-0.15, -0.1) is 0 Å². The third kappa shape index (κ3) is 2.22. The fourth-order valence-electron chi connectivity index (χ4n) is 1.09. The molecule has 1 aromatic rings. The van der Waals surface area contributed by atoms with Gasteiger partial charge < -0.3 is 5.11 Å². The standard InChI is InChI=1S/C9H9BrClFO/c1-9(2,13)7-5(10)3-4-6(11)8(7)12/h3-4,13H,1-2H3. The highest BCUT2D eigenvalue weighted by atomic mass is 79.9. The lowest BCUT2D eigenvalue weighted by Crippen LogP contribution is -2.18. The molecule has 4 heteroatoms. The molecule has 0 bridgehead atoms. The van der Waals surface area contributed by atoms with Gasteiger partial charge in [0.25, 0.3) is 0 Å². The lowest BCUT2D eigenvalue weighted by molar-refractivity contribution is 0.0737. The number of hydrogen-bond acceptors (Lipinski definition) is 1. The molecule has 0 aliphatic carbocycles. The van der Waals surface area contributed by atoms with Gasteiger partial charge in [-0.3, -0.25) is 0 Å². The zero-order valence-corrected chi connectivity index (χ0v) is 9.58. The minimum atomic E-state index is -1.24. The van der Waals surface area contributed by atoms with Crippen LogP contribution in [-0.4, -0.2) is 5.11 Å². The van der Waals surface area contributed by atoms with Gasteiger partial charge in [-0.1, -0.05) is 27.5 Å². The molecule has 0 radical (unpaired) electrons. The maximum Gasteiger partial charge on any atom is 0.148 e. The molecule has 0 saturated heterocycles. The predicted octanol–water partition coefficient (Wildman–Crippen LogP) is 3.47. The third-order valence-corrected chi connectivity index (χ3v) is 2.61. The normalized spacial score (nSPS) is 11.8. The molecule has 0 spiro atoms. The molecular weight excluding hydrogens is 258 g/mol. The highest BCUT2D eigenvalue weighted by Gasteiger charge is 2.25. The zero-order valence-electron chi connectivity index (χ0n) is 7.24. The van der Waals surface area contributed by atoms with E-state index in [1.54, 1.807) is 6.07 Å². The summed E-state index contributed by atoms with van der Waals surface area (Å²) < 4.78 is 14.0. The SMILES string of the molecule is CC(C)(O)c1c(Br)ccc(Cl)c1F. The Morgan fingerprint density at radius 2 is 2.00 bits per heavy atom. The van der Waals surface area contributed by atoms with Crippen LogP contribution in [0, 0.1) is 5.82 Å². The molecule has 1 rings (SSSR count). The molecule has 0 amide bonds. The molecule has 0 heterocycles. The van der Waals surface area contributed by atoms with Crippen LogP contribution in [0.2, 0.25) is 5.02 Å². The van der Waals surface area contributed by atoms with E-state index in [1.165, 1.54) is 19.9 Å². The summed E-state index contributed by atoms with van der Waals surface area (Å²) in [5.74, 6) is -0.580. The van der Waals surface area contributed by atoms with E-state index in [-0.39, 0.29) is 10.6 Å². The van der Waals surface area contributed by atoms with Crippen molar-refractivity contribution in [2.45, 2.75) is 19.4 Å². The lowest BCUT2D eigenvalue weighted by atomic mass is 9.98. The predicted molar refractivity (Wildman–Crippen MR) is 54.4 cm³/mol. The first-order chi connectivity index (χ1) is 5.84. The van der Waals surface area contributed by atoms with Crippen molar-refractivity contribution in [2.75, 3.05) is 0 Å². The highest BCUT2D eigenvalue weighted by Crippen LogP contribution is 2.33. The summed E-state index contributed by atoms with van der Waals surface area (Å²) in [5, 5.41) is 9.66. The number of rotatable bonds is 1. The van der Waals surface area contributed by atoms with Gasteiger partial charge in [-0.2, -0.15) is 0 Å². The van der Waals surface area contributed by atoms with Crippen LogP contribution in [0.25, 0.3) is 0 Å². The van der Waals surface area contributed by atoms with Gasteiger partial charge in [0.2, 0.25) is 0 Å². The first kappa shape index (κ1) is 11.0. The Kier molecular flexibility index (Phi) is 3.00. The van der Waals surface area contributed by atoms with Crippen molar-refractivity contribution >= 4 is 27.5 Å². The van der Waals surface area contributed by atoms with Gasteiger partial charge in [0.1, 0.15) is 5.82 Å². The van der Waals surface area contributed by atoms with Crippen LogP contribution >= 0.6 is 27.5 Å². The van der Waals surface area contributed by atoms with Crippen molar-refractivity contribution in [1.29, 1.82) is 0 Å². The highest BCUT2D eigenvalue weighted by molar-refractivity contribution is 9.10. The lowest BCUT2D eigenvalue weighted by Gasteiger charge is -2.20. The smallest absolute Gasteiger partial charge is 0.148 e. The van der Waals surface area contributed by atoms with Gasteiger partial charge in [0.05, 0.1) is 10.6 Å². The van der Waals surface area contributed by atoms with Crippen molar-refractivity contribution in [2.24, 2.45) is 0 Å². The maximum absolute atomic E-state index is 13.4. The summed E-state index contributed by atoms with van der Waals surface area (Å²) in [6, 6.07) is 3.05. The van der Waals surface area contributed by atoms with Crippen molar-refractivity contribution < 1.29 is 9.50 Å². The first-order valence-electron chi connectivity index (χ1n) is 3.70. The van der Waals surface area contributed by atoms with Crippen LogP contribution in [0.4, 0.5) is 4.39 Å². The Morgan fingerprint density at radius 3 is 2.38 bits per heavy atom. The molecule has 1 nitrogen and oxygen atoms in total. The summed E-state index contributed by atoms with van der Waals surface area (Å²) in [4.78, 5) is 0. The quantitative estimate of drug-likeness (QED) is 0.773. The summed E-state index contributed by atoms with van der Waals surface area (Å²) in [6.45, 7) is 3.01. The Morgan fingerprint density at radius 1 is 1.46 bits per heavy atom. The van der Waals surface area contributed by atoms with Crippen LogP contribution in [0.5, 0.6) is 0 Å². The maximum atomic E-state index is 13.4. The van der Waals surface area contributed by atoms with Crippen molar-refractivity contribution in [3.8, 4) is 0 Å². The van der Waals surface area contributed by atoms with E-state index in [4.69, 9.17) is 11.6 Å². The van der Waals surface area contributed by atoms with Gasteiger partial charge >= 0.3 is 0 Å². The topological polar surface area (TPSA) is 20.2 Å². The van der Waals surface area contributed by atoms with Crippen LogP contribution in [0.3, 0.4) is 0 Å². The monoisotopic (exact) mass is 266 g/mol. The number of hydrogen-bond donors (Lipinski definition) is 1. The van der Waals surface area contributed by atoms with Gasteiger partial charge in [-0.25, -0.2) is 4.39 Å². The number of aliphatic hydroxyl groups is 1. The Hall–Kier alpha value is -0.120. The molecule has 0 fully saturated rings. The molecule has 0 aliphatic heterocycles. The van der Waals surface area contributed by atoms with Crippen LogP contribution in [0.1, 0.15) is 19.4 Å². The molecule has 1 N–H and O–H groups in total. The largest absolute Gasteiger partial charge is 0.386 e. The van der Waals surface area contributed by atoms with E-state index >= 15 is 0 Å². The molecular formula is C9H9BrClFO. The Balaban J connectivity index is 3.43. The first-order valence-corrected chi connectivity index (χ1v) is 4.87. The molecule has 13 heavy (non-hydrogen) atoms. The van der Waals surface area contributed by atoms with E-state index in [9.17, 15) is 9.50 Å². The Labute approximate surface area is 89.7 Å². The molecule has 1 aromatic carbocycles. The fraction of sp³-hybridized carbons (Fsp3) is 0.333. The van der Waals surface area contributed by atoms with Gasteiger partial charge in [0, 0.05) is 10.0 Å². The minimum Gasteiger partial charge on any atom is -0.386 e. The van der Waals surface area contributed by atoms with Crippen LogP contribution < -0.4 is 0 Å². The molecule has 0 unspecified atom stereocenters. The molecule has 0 aliphatic rings. The molecule has 0 aromatic heterocycles. The second kappa shape index (κ2) is 3.56. The van der Waals surface area contributed by atoms with E-state index in [2.05, 4.69) is 15.9 Å². The second-order valence-electron chi connectivity index (χ2n) is 3.28. The van der Waals surface area contributed by atoms with Crippen LogP contribution in [-0.2, 0) is 5.60 Å². The van der Waals surface area contributed by atoms with Crippen molar-refractivity contribution in [1.82, 2.24) is 0 Å².